The van der Waals surface area contributed by atoms with Crippen molar-refractivity contribution in [3.05, 3.63) is 35.0 Å². The summed E-state index contributed by atoms with van der Waals surface area (Å²) in [5.74, 6) is -0.592. The predicted octanol–water partition coefficient (Wildman–Crippen LogP) is 3.12. The molecule has 4 nitrogen and oxygen atoms in total. The van der Waals surface area contributed by atoms with E-state index in [1.807, 2.05) is 6.92 Å². The van der Waals surface area contributed by atoms with Crippen LogP contribution >= 0.6 is 0 Å². The van der Waals surface area contributed by atoms with E-state index in [9.17, 15) is 9.90 Å². The summed E-state index contributed by atoms with van der Waals surface area (Å²) in [5.41, 5.74) is 9.31. The van der Waals surface area contributed by atoms with Crippen molar-refractivity contribution in [2.24, 2.45) is 5.73 Å². The molecule has 0 saturated carbocycles. The summed E-state index contributed by atoms with van der Waals surface area (Å²) in [5, 5.41) is 10.3. The molecule has 0 aliphatic heterocycles. The van der Waals surface area contributed by atoms with Crippen LogP contribution in [0, 0.1) is 6.92 Å². The van der Waals surface area contributed by atoms with Crippen LogP contribution in [0.25, 0.3) is 10.9 Å². The Hall–Kier alpha value is -1.81. The molecule has 0 unspecified atom stereocenters. The Morgan fingerprint density at radius 2 is 2.10 bits per heavy atom. The zero-order valence-corrected chi connectivity index (χ0v) is 12.3. The van der Waals surface area contributed by atoms with E-state index in [0.717, 1.165) is 35.0 Å². The number of carbonyl (C=O) groups is 1. The van der Waals surface area contributed by atoms with E-state index in [1.165, 1.54) is 0 Å². The third-order valence-electron chi connectivity index (χ3n) is 3.67. The van der Waals surface area contributed by atoms with Crippen LogP contribution in [0.4, 0.5) is 0 Å². The van der Waals surface area contributed by atoms with Gasteiger partial charge in [-0.1, -0.05) is 13.8 Å². The molecule has 1 aromatic heterocycles. The molecule has 0 saturated heterocycles. The van der Waals surface area contributed by atoms with Crippen LogP contribution in [-0.2, 0) is 6.54 Å². The van der Waals surface area contributed by atoms with Crippen LogP contribution in [0.2, 0.25) is 0 Å². The maximum absolute atomic E-state index is 11.3. The Morgan fingerprint density at radius 3 is 2.65 bits per heavy atom. The third kappa shape index (κ3) is 2.56. The molecule has 1 aromatic carbocycles. The molecule has 0 aliphatic rings. The Bertz CT molecular complexity index is 641. The lowest BCUT2D eigenvalue weighted by molar-refractivity contribution is 0.0697. The molecule has 0 atom stereocenters. The van der Waals surface area contributed by atoms with Gasteiger partial charge in [-0.3, -0.25) is 0 Å². The minimum absolute atomic E-state index is 0.280. The molecule has 0 aliphatic carbocycles. The van der Waals surface area contributed by atoms with Crippen molar-refractivity contribution in [1.82, 2.24) is 4.57 Å². The topological polar surface area (TPSA) is 68.2 Å². The van der Waals surface area contributed by atoms with Gasteiger partial charge in [-0.2, -0.15) is 0 Å². The summed E-state index contributed by atoms with van der Waals surface area (Å²) in [4.78, 5) is 11.3. The molecule has 3 N–H and O–H groups in total. The van der Waals surface area contributed by atoms with Crippen LogP contribution in [0.15, 0.2) is 18.3 Å². The predicted molar refractivity (Wildman–Crippen MR) is 81.4 cm³/mol. The second-order valence-electron chi connectivity index (χ2n) is 5.57. The molecule has 0 fully saturated rings. The summed E-state index contributed by atoms with van der Waals surface area (Å²) in [6, 6.07) is 3.57. The number of benzene rings is 1. The van der Waals surface area contributed by atoms with E-state index >= 15 is 0 Å². The molecule has 0 spiro atoms. The van der Waals surface area contributed by atoms with Crippen molar-refractivity contribution in [1.29, 1.82) is 0 Å². The summed E-state index contributed by atoms with van der Waals surface area (Å²) in [6.07, 6.45) is 3.01. The molecule has 0 bridgehead atoms. The molecular formula is C16H22N2O2. The van der Waals surface area contributed by atoms with Gasteiger partial charge in [0.25, 0.3) is 0 Å². The van der Waals surface area contributed by atoms with Crippen molar-refractivity contribution >= 4 is 16.9 Å². The molecule has 1 heterocycles. The molecule has 2 aromatic rings. The van der Waals surface area contributed by atoms with Crippen LogP contribution in [0.1, 0.15) is 47.7 Å². The van der Waals surface area contributed by atoms with Crippen molar-refractivity contribution in [3.8, 4) is 0 Å². The molecule has 0 amide bonds. The maximum Gasteiger partial charge on any atom is 0.335 e. The fourth-order valence-electron chi connectivity index (χ4n) is 2.65. The highest BCUT2D eigenvalue weighted by atomic mass is 16.4. The van der Waals surface area contributed by atoms with Gasteiger partial charge in [0.1, 0.15) is 0 Å². The number of carboxylic acid groups (broad SMARTS) is 1. The van der Waals surface area contributed by atoms with Crippen LogP contribution in [0.3, 0.4) is 0 Å². The Balaban J connectivity index is 2.71. The van der Waals surface area contributed by atoms with Crippen molar-refractivity contribution in [2.45, 2.75) is 39.7 Å². The number of aryl methyl sites for hydroxylation is 2. The third-order valence-corrected chi connectivity index (χ3v) is 3.67. The summed E-state index contributed by atoms with van der Waals surface area (Å²) >= 11 is 0. The fourth-order valence-corrected chi connectivity index (χ4v) is 2.65. The number of nitrogens with zero attached hydrogens (tertiary/aromatic N) is 1. The number of aromatic carboxylic acids is 1. The number of nitrogens with two attached hydrogens (primary N) is 1. The number of rotatable bonds is 5. The lowest BCUT2D eigenvalue weighted by Crippen LogP contribution is -2.07. The maximum atomic E-state index is 11.3. The van der Waals surface area contributed by atoms with Crippen LogP contribution < -0.4 is 5.73 Å². The number of carboxylic acids is 1. The van der Waals surface area contributed by atoms with Gasteiger partial charge in [0.15, 0.2) is 0 Å². The molecule has 0 radical (unpaired) electrons. The SMILES string of the molecule is Cc1cn(CCCN)c2c(C(C)C)cc(C(=O)O)cc12. The number of hydrogen-bond acceptors (Lipinski definition) is 2. The first-order valence-corrected chi connectivity index (χ1v) is 7.02. The highest BCUT2D eigenvalue weighted by Crippen LogP contribution is 2.31. The zero-order valence-electron chi connectivity index (χ0n) is 12.3. The van der Waals surface area contributed by atoms with Gasteiger partial charge in [-0.25, -0.2) is 4.79 Å². The van der Waals surface area contributed by atoms with Gasteiger partial charge < -0.3 is 15.4 Å². The van der Waals surface area contributed by atoms with Crippen molar-refractivity contribution < 1.29 is 9.90 Å². The quantitative estimate of drug-likeness (QED) is 0.880. The van der Waals surface area contributed by atoms with E-state index in [2.05, 4.69) is 24.6 Å². The molecule has 4 heteroatoms. The highest BCUT2D eigenvalue weighted by molar-refractivity contribution is 5.96. The first-order valence-electron chi connectivity index (χ1n) is 7.02. The summed E-state index contributed by atoms with van der Waals surface area (Å²) in [6.45, 7) is 7.74. The highest BCUT2D eigenvalue weighted by Gasteiger charge is 2.16. The minimum Gasteiger partial charge on any atom is -0.478 e. The van der Waals surface area contributed by atoms with Gasteiger partial charge >= 0.3 is 5.97 Å². The van der Waals surface area contributed by atoms with Crippen molar-refractivity contribution in [3.63, 3.8) is 0 Å². The number of hydrogen-bond donors (Lipinski definition) is 2. The lowest BCUT2D eigenvalue weighted by Gasteiger charge is -2.13. The van der Waals surface area contributed by atoms with E-state index in [0.29, 0.717) is 12.1 Å². The van der Waals surface area contributed by atoms with Crippen LogP contribution in [-0.4, -0.2) is 22.2 Å². The summed E-state index contributed by atoms with van der Waals surface area (Å²) < 4.78 is 2.21. The largest absolute Gasteiger partial charge is 0.478 e. The van der Waals surface area contributed by atoms with E-state index < -0.39 is 5.97 Å². The fraction of sp³-hybridized carbons (Fsp3) is 0.438. The first kappa shape index (κ1) is 14.6. The van der Waals surface area contributed by atoms with Gasteiger partial charge in [0.2, 0.25) is 0 Å². The number of fused-ring (bicyclic) bond motifs is 1. The zero-order chi connectivity index (χ0) is 14.9. The molecule has 108 valence electrons. The smallest absolute Gasteiger partial charge is 0.335 e. The average molecular weight is 274 g/mol. The Morgan fingerprint density at radius 1 is 1.40 bits per heavy atom. The van der Waals surface area contributed by atoms with E-state index in [-0.39, 0.29) is 5.92 Å². The van der Waals surface area contributed by atoms with Gasteiger partial charge in [-0.05, 0) is 49.1 Å². The monoisotopic (exact) mass is 274 g/mol. The van der Waals surface area contributed by atoms with Crippen molar-refractivity contribution in [2.75, 3.05) is 6.54 Å². The minimum atomic E-state index is -0.872. The van der Waals surface area contributed by atoms with Crippen LogP contribution in [0.5, 0.6) is 0 Å². The number of aromatic nitrogens is 1. The molecule has 20 heavy (non-hydrogen) atoms. The van der Waals surface area contributed by atoms with Gasteiger partial charge in [-0.15, -0.1) is 0 Å². The average Bonchev–Trinajstić information content (AvgIpc) is 2.72. The standard InChI is InChI=1S/C16H22N2O2/c1-10(2)13-7-12(16(19)20)8-14-11(3)9-18(15(13)14)6-4-5-17/h7-10H,4-6,17H2,1-3H3,(H,19,20). The Labute approximate surface area is 119 Å². The normalized spacial score (nSPS) is 11.4. The molecular weight excluding hydrogens is 252 g/mol. The second kappa shape index (κ2) is 5.67. The Kier molecular flexibility index (Phi) is 4.14. The van der Waals surface area contributed by atoms with E-state index in [1.54, 1.807) is 12.1 Å². The lowest BCUT2D eigenvalue weighted by atomic mass is 9.96. The van der Waals surface area contributed by atoms with Gasteiger partial charge in [0.05, 0.1) is 11.1 Å². The first-order chi connectivity index (χ1) is 9.45. The second-order valence-corrected chi connectivity index (χ2v) is 5.57. The van der Waals surface area contributed by atoms with E-state index in [4.69, 9.17) is 5.73 Å². The van der Waals surface area contributed by atoms with Gasteiger partial charge in [0, 0.05) is 18.1 Å². The molecule has 2 rings (SSSR count). The summed E-state index contributed by atoms with van der Waals surface area (Å²) in [7, 11) is 0.